The zero-order valence-electron chi connectivity index (χ0n) is 18.3. The van der Waals surface area contributed by atoms with Gasteiger partial charge in [0.1, 0.15) is 13.1 Å². The molecular formula is C21H31F3IN5O2. The first-order valence-corrected chi connectivity index (χ1v) is 10.5. The highest BCUT2D eigenvalue weighted by Gasteiger charge is 2.41. The Bertz CT molecular complexity index is 766. The fourth-order valence-corrected chi connectivity index (χ4v) is 3.99. The van der Waals surface area contributed by atoms with E-state index in [1.165, 1.54) is 5.56 Å². The third kappa shape index (κ3) is 7.48. The maximum Gasteiger partial charge on any atom is 0.406 e. The second-order valence-corrected chi connectivity index (χ2v) is 7.87. The lowest BCUT2D eigenvalue weighted by molar-refractivity contribution is -0.157. The quantitative estimate of drug-likeness (QED) is 0.324. The highest BCUT2D eigenvalue weighted by molar-refractivity contribution is 14.0. The molecule has 0 bridgehead atoms. The van der Waals surface area contributed by atoms with Crippen molar-refractivity contribution >= 4 is 35.8 Å². The minimum atomic E-state index is -4.43. The molecule has 2 unspecified atom stereocenters. The van der Waals surface area contributed by atoms with Crippen molar-refractivity contribution < 1.29 is 22.7 Å². The maximum absolute atomic E-state index is 12.5. The first-order chi connectivity index (χ1) is 14.8. The highest BCUT2D eigenvalue weighted by Crippen LogP contribution is 2.24. The molecule has 0 saturated carbocycles. The van der Waals surface area contributed by atoms with Gasteiger partial charge in [-0.1, -0.05) is 30.3 Å². The second kappa shape index (κ2) is 12.0. The Morgan fingerprint density at radius 1 is 1.28 bits per heavy atom. The Kier molecular flexibility index (Phi) is 10.0. The van der Waals surface area contributed by atoms with Gasteiger partial charge in [0.2, 0.25) is 5.91 Å². The number of likely N-dealkylation sites (N-methyl/N-ethyl adjacent to an activating group) is 1. The van der Waals surface area contributed by atoms with Crippen molar-refractivity contribution in [2.24, 2.45) is 4.99 Å². The maximum atomic E-state index is 12.5. The van der Waals surface area contributed by atoms with Crippen LogP contribution < -0.4 is 5.32 Å². The molecule has 1 N–H and O–H groups in total. The molecule has 7 nitrogen and oxygen atoms in total. The van der Waals surface area contributed by atoms with E-state index in [0.29, 0.717) is 37.1 Å². The number of carbonyl (C=O) groups is 1. The molecule has 2 heterocycles. The number of rotatable bonds is 6. The summed E-state index contributed by atoms with van der Waals surface area (Å²) < 4.78 is 43.6. The van der Waals surface area contributed by atoms with Crippen molar-refractivity contribution in [1.29, 1.82) is 0 Å². The summed E-state index contributed by atoms with van der Waals surface area (Å²) in [6.45, 7) is 4.48. The summed E-state index contributed by atoms with van der Waals surface area (Å²) in [5.41, 5.74) is 1.24. The Morgan fingerprint density at radius 3 is 2.66 bits per heavy atom. The number of likely N-dealkylation sites (tertiary alicyclic amines) is 1. The van der Waals surface area contributed by atoms with Crippen molar-refractivity contribution in [2.75, 3.05) is 52.9 Å². The average Bonchev–Trinajstić information content (AvgIpc) is 3.15. The summed E-state index contributed by atoms with van der Waals surface area (Å²) in [5, 5.41) is 3.15. The van der Waals surface area contributed by atoms with Crippen molar-refractivity contribution in [3.63, 3.8) is 0 Å². The summed E-state index contributed by atoms with van der Waals surface area (Å²) in [6, 6.07) is 10.4. The number of fused-ring (bicyclic) bond motifs is 1. The average molecular weight is 569 g/mol. The second-order valence-electron chi connectivity index (χ2n) is 7.87. The topological polar surface area (TPSA) is 60.4 Å². The number of nitrogens with one attached hydrogen (secondary N) is 1. The van der Waals surface area contributed by atoms with Crippen LogP contribution in [-0.2, 0) is 16.1 Å². The SMILES string of the molecule is CCNC(=NCC(=O)N(C)CC(F)(F)F)N1CC2OCCN(Cc3ccccc3)C2C1.I. The van der Waals surface area contributed by atoms with Crippen LogP contribution in [0.15, 0.2) is 35.3 Å². The van der Waals surface area contributed by atoms with Gasteiger partial charge in [-0.05, 0) is 12.5 Å². The molecule has 1 aromatic carbocycles. The normalized spacial score (nSPS) is 21.7. The van der Waals surface area contributed by atoms with Crippen molar-refractivity contribution in [3.05, 3.63) is 35.9 Å². The molecule has 11 heteroatoms. The monoisotopic (exact) mass is 569 g/mol. The lowest BCUT2D eigenvalue weighted by atomic mass is 10.1. The molecule has 180 valence electrons. The van der Waals surface area contributed by atoms with E-state index in [2.05, 4.69) is 27.3 Å². The standard InChI is InChI=1S/C21H30F3N5O2.HI/c1-3-25-20(26-11-19(30)27(2)15-21(22,23)24)29-13-17-18(14-29)31-10-9-28(17)12-16-7-5-4-6-8-16;/h4-8,17-18H,3,9-15H2,1-2H3,(H,25,26);1H. The predicted molar refractivity (Wildman–Crippen MR) is 127 cm³/mol. The molecule has 2 atom stereocenters. The molecule has 1 aromatic rings. The van der Waals surface area contributed by atoms with Crippen LogP contribution in [-0.4, -0.2) is 97.8 Å². The summed E-state index contributed by atoms with van der Waals surface area (Å²) in [5.74, 6) is -0.153. The van der Waals surface area contributed by atoms with Gasteiger partial charge >= 0.3 is 6.18 Å². The van der Waals surface area contributed by atoms with E-state index < -0.39 is 18.6 Å². The molecule has 0 spiro atoms. The molecule has 2 aliphatic heterocycles. The molecule has 2 aliphatic rings. The van der Waals surface area contributed by atoms with E-state index in [-0.39, 0.29) is 42.7 Å². The van der Waals surface area contributed by atoms with Gasteiger partial charge in [-0.25, -0.2) is 4.99 Å². The zero-order chi connectivity index (χ0) is 22.4. The number of benzene rings is 1. The van der Waals surface area contributed by atoms with Crippen molar-refractivity contribution in [2.45, 2.75) is 31.8 Å². The number of nitrogens with zero attached hydrogens (tertiary/aromatic N) is 4. The van der Waals surface area contributed by atoms with E-state index in [9.17, 15) is 18.0 Å². The van der Waals surface area contributed by atoms with Gasteiger partial charge in [0.05, 0.1) is 18.8 Å². The van der Waals surface area contributed by atoms with Crippen molar-refractivity contribution in [3.8, 4) is 0 Å². The van der Waals surface area contributed by atoms with Gasteiger partial charge in [0, 0.05) is 39.8 Å². The molecular weight excluding hydrogens is 538 g/mol. The third-order valence-corrected chi connectivity index (χ3v) is 5.49. The van der Waals surface area contributed by atoms with E-state index in [4.69, 9.17) is 4.74 Å². The summed E-state index contributed by atoms with van der Waals surface area (Å²) in [7, 11) is 1.14. The van der Waals surface area contributed by atoms with Crippen LogP contribution in [0, 0.1) is 0 Å². The van der Waals surface area contributed by atoms with Crippen LogP contribution in [0.25, 0.3) is 0 Å². The smallest absolute Gasteiger partial charge is 0.373 e. The van der Waals surface area contributed by atoms with E-state index in [1.807, 2.05) is 30.0 Å². The number of carbonyl (C=O) groups excluding carboxylic acids is 1. The van der Waals surface area contributed by atoms with Gasteiger partial charge < -0.3 is 19.9 Å². The number of guanidine groups is 1. The molecule has 3 rings (SSSR count). The number of morpholine rings is 1. The molecule has 2 fully saturated rings. The fourth-order valence-electron chi connectivity index (χ4n) is 3.99. The lowest BCUT2D eigenvalue weighted by Crippen LogP contribution is -2.50. The number of ether oxygens (including phenoxy) is 1. The summed E-state index contributed by atoms with van der Waals surface area (Å²) in [6.07, 6.45) is -4.41. The number of hydrogen-bond donors (Lipinski definition) is 1. The van der Waals surface area contributed by atoms with E-state index >= 15 is 0 Å². The molecule has 0 radical (unpaired) electrons. The van der Waals surface area contributed by atoms with Gasteiger partial charge in [0.25, 0.3) is 0 Å². The molecule has 0 aromatic heterocycles. The number of hydrogen-bond acceptors (Lipinski definition) is 4. The van der Waals surface area contributed by atoms with Crippen LogP contribution in [0.4, 0.5) is 13.2 Å². The summed E-state index contributed by atoms with van der Waals surface area (Å²) in [4.78, 5) is 21.5. The minimum Gasteiger partial charge on any atom is -0.373 e. The number of amides is 1. The fraction of sp³-hybridized carbons (Fsp3) is 0.619. The number of alkyl halides is 3. The zero-order valence-corrected chi connectivity index (χ0v) is 20.7. The van der Waals surface area contributed by atoms with Gasteiger partial charge in [-0.3, -0.25) is 9.69 Å². The van der Waals surface area contributed by atoms with E-state index in [1.54, 1.807) is 0 Å². The molecule has 2 saturated heterocycles. The van der Waals surface area contributed by atoms with Crippen molar-refractivity contribution in [1.82, 2.24) is 20.0 Å². The summed E-state index contributed by atoms with van der Waals surface area (Å²) >= 11 is 0. The van der Waals surface area contributed by atoms with Crippen LogP contribution in [0.1, 0.15) is 12.5 Å². The number of halogens is 4. The lowest BCUT2D eigenvalue weighted by Gasteiger charge is -2.36. The van der Waals surface area contributed by atoms with Gasteiger partial charge in [-0.15, -0.1) is 24.0 Å². The molecule has 1 amide bonds. The Hall–Kier alpha value is -1.60. The van der Waals surface area contributed by atoms with Crippen LogP contribution in [0.2, 0.25) is 0 Å². The minimum absolute atomic E-state index is 0. The Balaban J connectivity index is 0.00000363. The van der Waals surface area contributed by atoms with Crippen LogP contribution >= 0.6 is 24.0 Å². The number of aliphatic imine (C=N–C) groups is 1. The first-order valence-electron chi connectivity index (χ1n) is 10.5. The van der Waals surface area contributed by atoms with Crippen LogP contribution in [0.3, 0.4) is 0 Å². The van der Waals surface area contributed by atoms with Crippen LogP contribution in [0.5, 0.6) is 0 Å². The van der Waals surface area contributed by atoms with Gasteiger partial charge in [0.15, 0.2) is 5.96 Å². The molecule has 0 aliphatic carbocycles. The Labute approximate surface area is 204 Å². The predicted octanol–water partition coefficient (Wildman–Crippen LogP) is 2.18. The Morgan fingerprint density at radius 2 is 2.00 bits per heavy atom. The largest absolute Gasteiger partial charge is 0.406 e. The first kappa shape index (κ1) is 26.7. The highest BCUT2D eigenvalue weighted by atomic mass is 127. The van der Waals surface area contributed by atoms with E-state index in [0.717, 1.165) is 20.1 Å². The van der Waals surface area contributed by atoms with Gasteiger partial charge in [-0.2, -0.15) is 13.2 Å². The third-order valence-electron chi connectivity index (χ3n) is 5.49. The molecule has 32 heavy (non-hydrogen) atoms.